The second-order valence-corrected chi connectivity index (χ2v) is 6.64. The molecule has 0 bridgehead atoms. The van der Waals surface area contributed by atoms with Gasteiger partial charge in [0.05, 0.1) is 4.90 Å². The number of carbonyl (C=O) groups excluding carboxylic acids is 1. The van der Waals surface area contributed by atoms with Crippen molar-refractivity contribution in [2.24, 2.45) is 0 Å². The predicted molar refractivity (Wildman–Crippen MR) is 73.0 cm³/mol. The Labute approximate surface area is 121 Å². The van der Waals surface area contributed by atoms with Crippen molar-refractivity contribution in [3.8, 4) is 0 Å². The van der Waals surface area contributed by atoms with Crippen LogP contribution in [0, 0.1) is 0 Å². The summed E-state index contributed by atoms with van der Waals surface area (Å²) in [5, 5.41) is 3.17. The summed E-state index contributed by atoms with van der Waals surface area (Å²) >= 11 is 0. The molecule has 8 heteroatoms. The molecular weight excluding hydrogens is 302 g/mol. The first-order valence-corrected chi connectivity index (χ1v) is 8.09. The van der Waals surface area contributed by atoms with E-state index in [1.807, 2.05) is 0 Å². The number of hydrogen-bond acceptors (Lipinski definition) is 4. The van der Waals surface area contributed by atoms with Gasteiger partial charge in [0.2, 0.25) is 9.84 Å². The summed E-state index contributed by atoms with van der Waals surface area (Å²) in [4.78, 5) is 13.4. The number of rotatable bonds is 3. The molecule has 116 valence electrons. The normalized spacial score (nSPS) is 16.8. The number of halogens is 2. The van der Waals surface area contributed by atoms with Crippen LogP contribution in [0.1, 0.15) is 16.8 Å². The van der Waals surface area contributed by atoms with Gasteiger partial charge in [-0.15, -0.1) is 0 Å². The highest BCUT2D eigenvalue weighted by molar-refractivity contribution is 7.91. The van der Waals surface area contributed by atoms with E-state index in [1.54, 1.807) is 4.90 Å². The number of carbonyl (C=O) groups is 1. The predicted octanol–water partition coefficient (Wildman–Crippen LogP) is 1.12. The van der Waals surface area contributed by atoms with Crippen molar-refractivity contribution in [2.75, 3.05) is 26.2 Å². The van der Waals surface area contributed by atoms with Crippen molar-refractivity contribution in [2.45, 2.75) is 17.1 Å². The average Bonchev–Trinajstić information content (AvgIpc) is 2.75. The second kappa shape index (κ2) is 6.48. The minimum atomic E-state index is -4.62. The first-order valence-electron chi connectivity index (χ1n) is 6.55. The van der Waals surface area contributed by atoms with E-state index in [0.29, 0.717) is 25.2 Å². The molecule has 1 aromatic carbocycles. The number of nitrogens with one attached hydrogen (secondary N) is 1. The standard InChI is InChI=1S/C13H16F2N2O3S/c14-13(15)21(19,20)11-4-2-10(3-5-11)12(18)17-8-1-6-16-7-9-17/h2-5,13,16H,1,6-9H2. The van der Waals surface area contributed by atoms with Gasteiger partial charge < -0.3 is 10.2 Å². The van der Waals surface area contributed by atoms with E-state index in [4.69, 9.17) is 0 Å². The van der Waals surface area contributed by atoms with Gasteiger partial charge >= 0.3 is 5.76 Å². The summed E-state index contributed by atoms with van der Waals surface area (Å²) in [5.74, 6) is -3.68. The minimum Gasteiger partial charge on any atom is -0.337 e. The quantitative estimate of drug-likeness (QED) is 0.907. The lowest BCUT2D eigenvalue weighted by Crippen LogP contribution is -2.34. The van der Waals surface area contributed by atoms with Crippen LogP contribution < -0.4 is 5.32 Å². The molecule has 21 heavy (non-hydrogen) atoms. The molecular formula is C13H16F2N2O3S. The fourth-order valence-electron chi connectivity index (χ4n) is 2.12. The molecule has 1 amide bonds. The highest BCUT2D eigenvalue weighted by Crippen LogP contribution is 2.19. The zero-order chi connectivity index (χ0) is 15.5. The van der Waals surface area contributed by atoms with Crippen molar-refractivity contribution in [3.63, 3.8) is 0 Å². The monoisotopic (exact) mass is 318 g/mol. The molecule has 1 aliphatic rings. The summed E-state index contributed by atoms with van der Waals surface area (Å²) < 4.78 is 47.5. The topological polar surface area (TPSA) is 66.5 Å². The maximum Gasteiger partial charge on any atom is 0.341 e. The minimum absolute atomic E-state index is 0.223. The molecule has 0 atom stereocenters. The number of nitrogens with zero attached hydrogens (tertiary/aromatic N) is 1. The lowest BCUT2D eigenvalue weighted by Gasteiger charge is -2.20. The number of amides is 1. The van der Waals surface area contributed by atoms with E-state index in [2.05, 4.69) is 5.32 Å². The summed E-state index contributed by atoms with van der Waals surface area (Å²) in [6, 6.07) is 4.64. The fourth-order valence-corrected chi connectivity index (χ4v) is 2.84. The molecule has 2 rings (SSSR count). The van der Waals surface area contributed by atoms with Crippen molar-refractivity contribution in [3.05, 3.63) is 29.8 Å². The molecule has 1 aliphatic heterocycles. The van der Waals surface area contributed by atoms with E-state index in [1.165, 1.54) is 12.1 Å². The molecule has 0 radical (unpaired) electrons. The van der Waals surface area contributed by atoms with Crippen LogP contribution in [0.5, 0.6) is 0 Å². The van der Waals surface area contributed by atoms with Crippen LogP contribution in [0.2, 0.25) is 0 Å². The molecule has 1 fully saturated rings. The van der Waals surface area contributed by atoms with Gasteiger partial charge in [-0.25, -0.2) is 8.42 Å². The van der Waals surface area contributed by atoms with E-state index >= 15 is 0 Å². The number of benzene rings is 1. The van der Waals surface area contributed by atoms with E-state index < -0.39 is 20.5 Å². The third-order valence-corrected chi connectivity index (χ3v) is 4.69. The smallest absolute Gasteiger partial charge is 0.337 e. The van der Waals surface area contributed by atoms with Gasteiger partial charge in [-0.3, -0.25) is 4.79 Å². The number of alkyl halides is 2. The van der Waals surface area contributed by atoms with Crippen molar-refractivity contribution in [1.82, 2.24) is 10.2 Å². The van der Waals surface area contributed by atoms with E-state index in [0.717, 1.165) is 25.1 Å². The molecule has 1 heterocycles. The van der Waals surface area contributed by atoms with Gasteiger partial charge in [0.15, 0.2) is 0 Å². The van der Waals surface area contributed by atoms with Gasteiger partial charge in [-0.2, -0.15) is 8.78 Å². The highest BCUT2D eigenvalue weighted by atomic mass is 32.2. The first-order chi connectivity index (χ1) is 9.93. The Kier molecular flexibility index (Phi) is 4.89. The number of sulfone groups is 1. The van der Waals surface area contributed by atoms with Gasteiger partial charge in [-0.1, -0.05) is 0 Å². The van der Waals surface area contributed by atoms with Crippen molar-refractivity contribution in [1.29, 1.82) is 0 Å². The third-order valence-electron chi connectivity index (χ3n) is 3.29. The third kappa shape index (κ3) is 3.56. The lowest BCUT2D eigenvalue weighted by atomic mass is 10.2. The van der Waals surface area contributed by atoms with Crippen molar-refractivity contribution < 1.29 is 22.0 Å². The maximum absolute atomic E-state index is 12.4. The van der Waals surface area contributed by atoms with Crippen LogP contribution in [-0.2, 0) is 9.84 Å². The van der Waals surface area contributed by atoms with Crippen LogP contribution in [0.25, 0.3) is 0 Å². The van der Waals surface area contributed by atoms with Gasteiger partial charge in [0.1, 0.15) is 0 Å². The average molecular weight is 318 g/mol. The molecule has 0 aliphatic carbocycles. The summed E-state index contributed by atoms with van der Waals surface area (Å²) in [7, 11) is -4.62. The lowest BCUT2D eigenvalue weighted by molar-refractivity contribution is 0.0766. The maximum atomic E-state index is 12.4. The zero-order valence-corrected chi connectivity index (χ0v) is 12.1. The zero-order valence-electron chi connectivity index (χ0n) is 11.3. The van der Waals surface area contributed by atoms with Crippen LogP contribution in [0.4, 0.5) is 8.78 Å². The second-order valence-electron chi connectivity index (χ2n) is 4.73. The fraction of sp³-hybridized carbons (Fsp3) is 0.462. The van der Waals surface area contributed by atoms with E-state index in [9.17, 15) is 22.0 Å². The Morgan fingerprint density at radius 1 is 1.14 bits per heavy atom. The molecule has 0 aromatic heterocycles. The van der Waals surface area contributed by atoms with Crippen molar-refractivity contribution >= 4 is 15.7 Å². The molecule has 0 spiro atoms. The SMILES string of the molecule is O=C(c1ccc(S(=O)(=O)C(F)F)cc1)N1CCCNCC1. The Hall–Kier alpha value is -1.54. The van der Waals surface area contributed by atoms with Gasteiger partial charge in [0, 0.05) is 25.2 Å². The molecule has 1 saturated heterocycles. The largest absolute Gasteiger partial charge is 0.341 e. The molecule has 0 unspecified atom stereocenters. The Morgan fingerprint density at radius 3 is 2.43 bits per heavy atom. The molecule has 5 nitrogen and oxygen atoms in total. The molecule has 1 aromatic rings. The summed E-state index contributed by atoms with van der Waals surface area (Å²) in [5.41, 5.74) is 0.296. The summed E-state index contributed by atoms with van der Waals surface area (Å²) in [6.07, 6.45) is 0.837. The molecule has 0 saturated carbocycles. The summed E-state index contributed by atoms with van der Waals surface area (Å²) in [6.45, 7) is 2.72. The van der Waals surface area contributed by atoms with Crippen LogP contribution >= 0.6 is 0 Å². The van der Waals surface area contributed by atoms with E-state index in [-0.39, 0.29) is 5.91 Å². The Balaban J connectivity index is 2.17. The van der Waals surface area contributed by atoms with Crippen LogP contribution in [0.3, 0.4) is 0 Å². The Morgan fingerprint density at radius 2 is 1.81 bits per heavy atom. The van der Waals surface area contributed by atoms with Crippen LogP contribution in [-0.4, -0.2) is 51.2 Å². The number of hydrogen-bond donors (Lipinski definition) is 1. The first kappa shape index (κ1) is 15.8. The van der Waals surface area contributed by atoms with Gasteiger partial charge in [-0.05, 0) is 37.2 Å². The van der Waals surface area contributed by atoms with Gasteiger partial charge in [0.25, 0.3) is 5.91 Å². The van der Waals surface area contributed by atoms with Crippen LogP contribution in [0.15, 0.2) is 29.2 Å². The molecule has 1 N–H and O–H groups in total. The highest BCUT2D eigenvalue weighted by Gasteiger charge is 2.27. The Bertz CT molecular complexity index is 594.